The number of nitrogens with two attached hydrogens (primary N) is 1. The van der Waals surface area contributed by atoms with Crippen LogP contribution in [0.5, 0.6) is 0 Å². The molecule has 10 heteroatoms. The number of amides is 3. The predicted molar refractivity (Wildman–Crippen MR) is 108 cm³/mol. The van der Waals surface area contributed by atoms with Crippen LogP contribution in [-0.2, 0) is 14.8 Å². The molecular weight excluding hydrogens is 396 g/mol. The quantitative estimate of drug-likeness (QED) is 0.469. The third kappa shape index (κ3) is 6.70. The Labute approximate surface area is 168 Å². The Balaban J connectivity index is 1.90. The summed E-state index contributed by atoms with van der Waals surface area (Å²) in [5.41, 5.74) is 1.13. The Bertz CT molecular complexity index is 986. The van der Waals surface area contributed by atoms with Crippen molar-refractivity contribution >= 4 is 33.4 Å². The van der Waals surface area contributed by atoms with Crippen LogP contribution in [0.2, 0.25) is 0 Å². The second-order valence-corrected chi connectivity index (χ2v) is 7.62. The summed E-state index contributed by atoms with van der Waals surface area (Å²) >= 11 is 0. The summed E-state index contributed by atoms with van der Waals surface area (Å²) in [5, 5.41) is 13.0. The van der Waals surface area contributed by atoms with Gasteiger partial charge in [0.1, 0.15) is 0 Å². The molecule has 29 heavy (non-hydrogen) atoms. The summed E-state index contributed by atoms with van der Waals surface area (Å²) in [7, 11) is -3.82. The van der Waals surface area contributed by atoms with Crippen molar-refractivity contribution in [3.05, 3.63) is 59.7 Å². The molecule has 0 bridgehead atoms. The van der Waals surface area contributed by atoms with Crippen LogP contribution in [-0.4, -0.2) is 39.2 Å². The first-order chi connectivity index (χ1) is 13.7. The van der Waals surface area contributed by atoms with Crippen LogP contribution in [0.3, 0.4) is 0 Å². The summed E-state index contributed by atoms with van der Waals surface area (Å²) < 4.78 is 22.5. The van der Waals surface area contributed by atoms with Crippen LogP contribution in [0, 0.1) is 0 Å². The van der Waals surface area contributed by atoms with E-state index in [0.29, 0.717) is 30.8 Å². The summed E-state index contributed by atoms with van der Waals surface area (Å²) in [6, 6.07) is 11.5. The molecule has 2 rings (SSSR count). The molecule has 0 atom stereocenters. The van der Waals surface area contributed by atoms with Crippen LogP contribution < -0.4 is 21.1 Å². The second-order valence-electron chi connectivity index (χ2n) is 6.06. The number of carbonyl (C=O) groups excluding carboxylic acids is 3. The van der Waals surface area contributed by atoms with Gasteiger partial charge in [-0.05, 0) is 48.5 Å². The zero-order chi connectivity index (χ0) is 21.4. The molecule has 3 amide bonds. The van der Waals surface area contributed by atoms with Crippen molar-refractivity contribution in [3.8, 4) is 0 Å². The molecule has 2 aromatic rings. The molecule has 9 nitrogen and oxygen atoms in total. The van der Waals surface area contributed by atoms with E-state index < -0.39 is 15.9 Å². The highest BCUT2D eigenvalue weighted by Crippen LogP contribution is 2.13. The van der Waals surface area contributed by atoms with Crippen LogP contribution in [0.25, 0.3) is 0 Å². The van der Waals surface area contributed by atoms with E-state index in [1.807, 2.05) is 0 Å². The maximum atomic E-state index is 12.2. The lowest BCUT2D eigenvalue weighted by Crippen LogP contribution is -2.34. The normalized spacial score (nSPS) is 10.8. The van der Waals surface area contributed by atoms with Crippen molar-refractivity contribution in [3.63, 3.8) is 0 Å². The number of benzene rings is 2. The van der Waals surface area contributed by atoms with Gasteiger partial charge >= 0.3 is 0 Å². The minimum atomic E-state index is -3.82. The lowest BCUT2D eigenvalue weighted by atomic mass is 10.1. The summed E-state index contributed by atoms with van der Waals surface area (Å²) in [5.74, 6) is -0.819. The Kier molecular flexibility index (Phi) is 7.46. The number of primary sulfonamides is 1. The average Bonchev–Trinajstić information content (AvgIpc) is 2.70. The first kappa shape index (κ1) is 22.1. The molecule has 0 aliphatic heterocycles. The number of anilines is 1. The second kappa shape index (κ2) is 9.80. The van der Waals surface area contributed by atoms with Crippen molar-refractivity contribution < 1.29 is 22.8 Å². The van der Waals surface area contributed by atoms with Gasteiger partial charge in [0.2, 0.25) is 15.9 Å². The monoisotopic (exact) mass is 418 g/mol. The standard InChI is InChI=1S/C19H22N4O5S/c1-2-17(24)21-11-12-22-18(25)13-3-7-15(8-4-13)23-19(26)14-5-9-16(10-6-14)29(20,27)28/h3-10H,2,11-12H2,1H3,(H,21,24)(H,22,25)(H,23,26)(H2,20,27,28). The number of carbonyl (C=O) groups is 3. The van der Waals surface area contributed by atoms with Crippen LogP contribution >= 0.6 is 0 Å². The number of rotatable bonds is 8. The highest BCUT2D eigenvalue weighted by molar-refractivity contribution is 7.89. The van der Waals surface area contributed by atoms with E-state index >= 15 is 0 Å². The number of sulfonamides is 1. The highest BCUT2D eigenvalue weighted by atomic mass is 32.2. The molecule has 0 heterocycles. The minimum absolute atomic E-state index is 0.0846. The van der Waals surface area contributed by atoms with Crippen molar-refractivity contribution in [2.24, 2.45) is 5.14 Å². The summed E-state index contributed by atoms with van der Waals surface area (Å²) in [6.45, 7) is 2.39. The van der Waals surface area contributed by atoms with E-state index in [4.69, 9.17) is 5.14 Å². The Morgan fingerprint density at radius 2 is 1.34 bits per heavy atom. The van der Waals surface area contributed by atoms with Gasteiger partial charge in [-0.15, -0.1) is 0 Å². The molecule has 0 unspecified atom stereocenters. The SMILES string of the molecule is CCC(=O)NCCNC(=O)c1ccc(NC(=O)c2ccc(S(N)(=O)=O)cc2)cc1. The zero-order valence-corrected chi connectivity index (χ0v) is 16.6. The van der Waals surface area contributed by atoms with Crippen LogP contribution in [0.1, 0.15) is 34.1 Å². The average molecular weight is 418 g/mol. The zero-order valence-electron chi connectivity index (χ0n) is 15.8. The van der Waals surface area contributed by atoms with E-state index in [1.54, 1.807) is 31.2 Å². The molecule has 5 N–H and O–H groups in total. The van der Waals surface area contributed by atoms with Crippen molar-refractivity contribution in [1.29, 1.82) is 0 Å². The molecular formula is C19H22N4O5S. The number of hydrogen-bond donors (Lipinski definition) is 4. The molecule has 0 aliphatic carbocycles. The molecule has 0 radical (unpaired) electrons. The van der Waals surface area contributed by atoms with Crippen LogP contribution in [0.15, 0.2) is 53.4 Å². The molecule has 0 saturated heterocycles. The molecule has 154 valence electrons. The number of hydrogen-bond acceptors (Lipinski definition) is 5. The smallest absolute Gasteiger partial charge is 0.255 e. The molecule has 0 spiro atoms. The van der Waals surface area contributed by atoms with E-state index in [9.17, 15) is 22.8 Å². The van der Waals surface area contributed by atoms with Crippen molar-refractivity contribution in [1.82, 2.24) is 10.6 Å². The van der Waals surface area contributed by atoms with E-state index in [0.717, 1.165) is 0 Å². The highest BCUT2D eigenvalue weighted by Gasteiger charge is 2.11. The maximum Gasteiger partial charge on any atom is 0.255 e. The molecule has 2 aromatic carbocycles. The Morgan fingerprint density at radius 1 is 0.828 bits per heavy atom. The molecule has 0 saturated carbocycles. The van der Waals surface area contributed by atoms with Gasteiger partial charge in [-0.1, -0.05) is 6.92 Å². The van der Waals surface area contributed by atoms with Crippen molar-refractivity contribution in [2.75, 3.05) is 18.4 Å². The predicted octanol–water partition coefficient (Wildman–Crippen LogP) is 0.842. The Hall–Kier alpha value is -3.24. The summed E-state index contributed by atoms with van der Waals surface area (Å²) in [4.78, 5) is 35.3. The summed E-state index contributed by atoms with van der Waals surface area (Å²) in [6.07, 6.45) is 0.386. The maximum absolute atomic E-state index is 12.2. The van der Waals surface area contributed by atoms with Gasteiger partial charge in [0.25, 0.3) is 11.8 Å². The fraction of sp³-hybridized carbons (Fsp3) is 0.211. The van der Waals surface area contributed by atoms with Gasteiger partial charge in [-0.25, -0.2) is 13.6 Å². The Morgan fingerprint density at radius 3 is 1.90 bits per heavy atom. The molecule has 0 fully saturated rings. The lowest BCUT2D eigenvalue weighted by molar-refractivity contribution is -0.120. The largest absolute Gasteiger partial charge is 0.354 e. The van der Waals surface area contributed by atoms with E-state index in [2.05, 4.69) is 16.0 Å². The van der Waals surface area contributed by atoms with Gasteiger partial charge in [-0.2, -0.15) is 0 Å². The number of nitrogens with one attached hydrogen (secondary N) is 3. The van der Waals surface area contributed by atoms with Crippen LogP contribution in [0.4, 0.5) is 5.69 Å². The van der Waals surface area contributed by atoms with Gasteiger partial charge < -0.3 is 16.0 Å². The van der Waals surface area contributed by atoms with Crippen molar-refractivity contribution in [2.45, 2.75) is 18.2 Å². The fourth-order valence-corrected chi connectivity index (χ4v) is 2.82. The van der Waals surface area contributed by atoms with E-state index in [1.165, 1.54) is 24.3 Å². The molecule has 0 aliphatic rings. The fourth-order valence-electron chi connectivity index (χ4n) is 2.31. The topological polar surface area (TPSA) is 147 Å². The first-order valence-corrected chi connectivity index (χ1v) is 10.3. The lowest BCUT2D eigenvalue weighted by Gasteiger charge is -2.08. The van der Waals surface area contributed by atoms with Gasteiger partial charge in [0.15, 0.2) is 0 Å². The first-order valence-electron chi connectivity index (χ1n) is 8.80. The third-order valence-electron chi connectivity index (χ3n) is 3.90. The van der Waals surface area contributed by atoms with Gasteiger partial charge in [-0.3, -0.25) is 14.4 Å². The molecule has 0 aromatic heterocycles. The van der Waals surface area contributed by atoms with E-state index in [-0.39, 0.29) is 22.3 Å². The van der Waals surface area contributed by atoms with Gasteiger partial charge in [0.05, 0.1) is 4.90 Å². The van der Waals surface area contributed by atoms with Gasteiger partial charge in [0, 0.05) is 36.3 Å². The minimum Gasteiger partial charge on any atom is -0.354 e. The third-order valence-corrected chi connectivity index (χ3v) is 4.83.